The van der Waals surface area contributed by atoms with E-state index in [1.54, 1.807) is 12.1 Å². The second-order valence-electron chi connectivity index (χ2n) is 4.77. The maximum absolute atomic E-state index is 13.0. The molecule has 3 rings (SSSR count). The fourth-order valence-electron chi connectivity index (χ4n) is 2.00. The van der Waals surface area contributed by atoms with E-state index in [1.807, 2.05) is 0 Å². The summed E-state index contributed by atoms with van der Waals surface area (Å²) >= 11 is 0. The predicted octanol–water partition coefficient (Wildman–Crippen LogP) is 2.55. The van der Waals surface area contributed by atoms with Crippen LogP contribution in [0, 0.1) is 5.82 Å². The molecule has 0 saturated heterocycles. The zero-order valence-corrected chi connectivity index (χ0v) is 11.5. The Bertz CT molecular complexity index is 587. The first kappa shape index (κ1) is 14.7. The summed E-state index contributed by atoms with van der Waals surface area (Å²) in [7, 11) is 0. The highest BCUT2D eigenvalue weighted by molar-refractivity contribution is 5.85. The van der Waals surface area contributed by atoms with Gasteiger partial charge in [-0.15, -0.1) is 12.4 Å². The molecule has 1 fully saturated rings. The molecule has 1 aliphatic carbocycles. The van der Waals surface area contributed by atoms with Crippen LogP contribution in [0.25, 0.3) is 0 Å². The van der Waals surface area contributed by atoms with Crippen LogP contribution in [0.3, 0.4) is 0 Å². The van der Waals surface area contributed by atoms with Gasteiger partial charge in [-0.25, -0.2) is 4.39 Å². The van der Waals surface area contributed by atoms with E-state index in [4.69, 9.17) is 15.0 Å². The fourth-order valence-corrected chi connectivity index (χ4v) is 2.00. The van der Waals surface area contributed by atoms with Gasteiger partial charge < -0.3 is 15.0 Å². The van der Waals surface area contributed by atoms with E-state index in [0.29, 0.717) is 17.5 Å². The highest BCUT2D eigenvalue weighted by Gasteiger charge is 2.38. The molecule has 108 valence electrons. The number of ether oxygens (including phenoxy) is 1. The molecule has 5 nitrogen and oxygen atoms in total. The van der Waals surface area contributed by atoms with Gasteiger partial charge in [0.25, 0.3) is 5.89 Å². The number of aromatic nitrogens is 2. The summed E-state index contributed by atoms with van der Waals surface area (Å²) in [4.78, 5) is 4.22. The van der Waals surface area contributed by atoms with Crippen LogP contribution in [0.15, 0.2) is 28.8 Å². The minimum Gasteiger partial charge on any atom is -0.484 e. The van der Waals surface area contributed by atoms with E-state index >= 15 is 0 Å². The van der Waals surface area contributed by atoms with Crippen molar-refractivity contribution in [1.82, 2.24) is 10.1 Å². The normalized spacial score (nSPS) is 16.1. The quantitative estimate of drug-likeness (QED) is 0.939. The van der Waals surface area contributed by atoms with Crippen LogP contribution in [-0.2, 0) is 12.1 Å². The predicted molar refractivity (Wildman–Crippen MR) is 72.0 cm³/mol. The van der Waals surface area contributed by atoms with Gasteiger partial charge in [-0.3, -0.25) is 0 Å². The number of nitrogens with two attached hydrogens (primary N) is 1. The minimum absolute atomic E-state index is 0. The summed E-state index contributed by atoms with van der Waals surface area (Å²) in [6.45, 7) is 0.104. The molecule has 0 radical (unpaired) electrons. The molecule has 0 unspecified atom stereocenters. The lowest BCUT2D eigenvalue weighted by atomic mass is 9.77. The van der Waals surface area contributed by atoms with Crippen LogP contribution in [0.4, 0.5) is 4.39 Å². The van der Waals surface area contributed by atoms with E-state index in [9.17, 15) is 4.39 Å². The zero-order chi connectivity index (χ0) is 13.3. The van der Waals surface area contributed by atoms with Crippen molar-refractivity contribution in [2.45, 2.75) is 31.4 Å². The fraction of sp³-hybridized carbons (Fsp3) is 0.385. The van der Waals surface area contributed by atoms with Crippen LogP contribution in [0.2, 0.25) is 0 Å². The van der Waals surface area contributed by atoms with Crippen molar-refractivity contribution in [2.24, 2.45) is 5.73 Å². The lowest BCUT2D eigenvalue weighted by Crippen LogP contribution is -2.44. The second kappa shape index (κ2) is 5.76. The first-order valence-corrected chi connectivity index (χ1v) is 6.16. The Labute approximate surface area is 121 Å². The van der Waals surface area contributed by atoms with E-state index in [1.165, 1.54) is 12.1 Å². The van der Waals surface area contributed by atoms with Crippen LogP contribution in [-0.4, -0.2) is 10.1 Å². The molecular formula is C13H15ClFN3O2. The van der Waals surface area contributed by atoms with Crippen LogP contribution >= 0.6 is 12.4 Å². The van der Waals surface area contributed by atoms with Crippen molar-refractivity contribution in [2.75, 3.05) is 0 Å². The van der Waals surface area contributed by atoms with Crippen molar-refractivity contribution in [3.8, 4) is 5.75 Å². The van der Waals surface area contributed by atoms with Crippen molar-refractivity contribution < 1.29 is 13.7 Å². The van der Waals surface area contributed by atoms with Crippen molar-refractivity contribution in [3.63, 3.8) is 0 Å². The monoisotopic (exact) mass is 299 g/mol. The summed E-state index contributed by atoms with van der Waals surface area (Å²) in [5.74, 6) is 0.942. The smallest absolute Gasteiger partial charge is 0.264 e. The Balaban J connectivity index is 0.00000147. The van der Waals surface area contributed by atoms with Gasteiger partial charge in [-0.05, 0) is 31.4 Å². The van der Waals surface area contributed by atoms with Gasteiger partial charge in [0.15, 0.2) is 12.4 Å². The molecule has 7 heteroatoms. The van der Waals surface area contributed by atoms with Gasteiger partial charge in [0.1, 0.15) is 11.6 Å². The van der Waals surface area contributed by atoms with E-state index in [0.717, 1.165) is 19.3 Å². The Morgan fingerprint density at radius 2 is 2.20 bits per heavy atom. The average Bonchev–Trinajstić information content (AvgIpc) is 2.83. The summed E-state index contributed by atoms with van der Waals surface area (Å²) in [6.07, 6.45) is 2.83. The van der Waals surface area contributed by atoms with Gasteiger partial charge in [-0.2, -0.15) is 4.98 Å². The number of rotatable bonds is 4. The molecule has 1 aliphatic rings. The molecule has 2 N–H and O–H groups in total. The number of hydrogen-bond acceptors (Lipinski definition) is 5. The molecule has 0 aliphatic heterocycles. The van der Waals surface area contributed by atoms with Crippen LogP contribution in [0.5, 0.6) is 5.75 Å². The Hall–Kier alpha value is -1.66. The molecule has 1 aromatic heterocycles. The molecule has 1 aromatic carbocycles. The first-order valence-electron chi connectivity index (χ1n) is 6.16. The third-order valence-corrected chi connectivity index (χ3v) is 3.32. The van der Waals surface area contributed by atoms with E-state index < -0.39 is 5.54 Å². The molecule has 1 saturated carbocycles. The van der Waals surface area contributed by atoms with Crippen molar-refractivity contribution in [3.05, 3.63) is 41.8 Å². The Morgan fingerprint density at radius 1 is 1.40 bits per heavy atom. The van der Waals surface area contributed by atoms with Crippen LogP contribution in [0.1, 0.15) is 31.0 Å². The SMILES string of the molecule is Cl.NC1(c2noc(COc3cccc(F)c3)n2)CCC1. The molecule has 0 amide bonds. The minimum atomic E-state index is -0.444. The van der Waals surface area contributed by atoms with Crippen molar-refractivity contribution in [1.29, 1.82) is 0 Å². The maximum Gasteiger partial charge on any atom is 0.264 e. The number of benzene rings is 1. The Kier molecular flexibility index (Phi) is 4.25. The highest BCUT2D eigenvalue weighted by atomic mass is 35.5. The number of hydrogen-bond donors (Lipinski definition) is 1. The van der Waals surface area contributed by atoms with Gasteiger partial charge in [0.2, 0.25) is 0 Å². The van der Waals surface area contributed by atoms with Crippen LogP contribution < -0.4 is 10.5 Å². The number of halogens is 2. The van der Waals surface area contributed by atoms with Gasteiger partial charge in [0, 0.05) is 6.07 Å². The molecule has 0 atom stereocenters. The summed E-state index contributed by atoms with van der Waals surface area (Å²) < 4.78 is 23.4. The third kappa shape index (κ3) is 2.91. The lowest BCUT2D eigenvalue weighted by molar-refractivity contribution is 0.222. The Morgan fingerprint density at radius 3 is 2.85 bits per heavy atom. The highest BCUT2D eigenvalue weighted by Crippen LogP contribution is 2.36. The molecule has 20 heavy (non-hydrogen) atoms. The van der Waals surface area contributed by atoms with E-state index in [2.05, 4.69) is 10.1 Å². The molecule has 1 heterocycles. The summed E-state index contributed by atoms with van der Waals surface area (Å²) in [6, 6.07) is 5.89. The standard InChI is InChI=1S/C13H14FN3O2.ClH/c14-9-3-1-4-10(7-9)18-8-11-16-12(17-19-11)13(15)5-2-6-13;/h1,3-4,7H,2,5-6,8,15H2;1H. The lowest BCUT2D eigenvalue weighted by Gasteiger charge is -2.34. The first-order chi connectivity index (χ1) is 9.16. The molecule has 2 aromatic rings. The molecular weight excluding hydrogens is 285 g/mol. The van der Waals surface area contributed by atoms with Gasteiger partial charge in [0.05, 0.1) is 5.54 Å². The second-order valence-corrected chi connectivity index (χ2v) is 4.77. The van der Waals surface area contributed by atoms with Crippen molar-refractivity contribution >= 4 is 12.4 Å². The summed E-state index contributed by atoms with van der Waals surface area (Å²) in [5, 5.41) is 3.87. The zero-order valence-electron chi connectivity index (χ0n) is 10.7. The van der Waals surface area contributed by atoms with E-state index in [-0.39, 0.29) is 24.8 Å². The molecule has 0 spiro atoms. The third-order valence-electron chi connectivity index (χ3n) is 3.32. The van der Waals surface area contributed by atoms with Gasteiger partial charge >= 0.3 is 0 Å². The topological polar surface area (TPSA) is 74.2 Å². The maximum atomic E-state index is 13.0. The van der Waals surface area contributed by atoms with Gasteiger partial charge in [-0.1, -0.05) is 11.2 Å². The molecule has 0 bridgehead atoms. The largest absolute Gasteiger partial charge is 0.484 e. The average molecular weight is 300 g/mol. The summed E-state index contributed by atoms with van der Waals surface area (Å²) in [5.41, 5.74) is 5.65. The number of nitrogens with zero attached hydrogens (tertiary/aromatic N) is 2.